The van der Waals surface area contributed by atoms with Crippen molar-refractivity contribution in [2.75, 3.05) is 27.4 Å². The molecule has 0 spiro atoms. The van der Waals surface area contributed by atoms with E-state index < -0.39 is 12.0 Å². The number of methoxy groups -OCH3 is 2. The first-order chi connectivity index (χ1) is 14.1. The van der Waals surface area contributed by atoms with Crippen molar-refractivity contribution in [3.8, 4) is 0 Å². The second kappa shape index (κ2) is 7.40. The van der Waals surface area contributed by atoms with Gasteiger partial charge in [-0.15, -0.1) is 0 Å². The molecule has 1 aromatic carbocycles. The van der Waals surface area contributed by atoms with Crippen LogP contribution in [0.2, 0.25) is 0 Å². The number of hydrogen-bond donors (Lipinski definition) is 1. The van der Waals surface area contributed by atoms with Gasteiger partial charge in [-0.25, -0.2) is 9.36 Å². The number of carbonyl (C=O) groups excluding carboxylic acids is 2. The van der Waals surface area contributed by atoms with E-state index in [-0.39, 0.29) is 24.5 Å². The Morgan fingerprint density at radius 3 is 2.69 bits per heavy atom. The number of aliphatic hydroxyl groups is 1. The number of benzene rings is 1. The van der Waals surface area contributed by atoms with E-state index in [1.807, 2.05) is 35.4 Å². The van der Waals surface area contributed by atoms with Gasteiger partial charge in [0.2, 0.25) is 0 Å². The van der Waals surface area contributed by atoms with E-state index in [1.165, 1.54) is 14.2 Å². The van der Waals surface area contributed by atoms with Gasteiger partial charge in [0.15, 0.2) is 0 Å². The van der Waals surface area contributed by atoms with Crippen molar-refractivity contribution in [1.29, 1.82) is 0 Å². The molecule has 152 valence electrons. The number of nitrogens with zero attached hydrogens (tertiary/aromatic N) is 2. The third kappa shape index (κ3) is 2.76. The van der Waals surface area contributed by atoms with Crippen LogP contribution in [0.25, 0.3) is 10.9 Å². The number of ether oxygens (including phenoxy) is 2. The summed E-state index contributed by atoms with van der Waals surface area (Å²) in [6.07, 6.45) is 3.79. The van der Waals surface area contributed by atoms with Gasteiger partial charge in [0, 0.05) is 24.0 Å². The molecule has 2 heterocycles. The zero-order valence-corrected chi connectivity index (χ0v) is 16.5. The van der Waals surface area contributed by atoms with E-state index in [1.54, 1.807) is 10.6 Å². The smallest absolute Gasteiger partial charge is 0.418 e. The largest absolute Gasteiger partial charge is 0.469 e. The summed E-state index contributed by atoms with van der Waals surface area (Å²) in [6, 6.07) is 7.32. The third-order valence-electron chi connectivity index (χ3n) is 6.01. The number of aromatic nitrogens is 1. The lowest BCUT2D eigenvalue weighted by atomic mass is 9.69. The van der Waals surface area contributed by atoms with Crippen molar-refractivity contribution in [3.05, 3.63) is 60.0 Å². The molecule has 7 heteroatoms. The molecule has 0 amide bonds. The molecule has 0 fully saturated rings. The number of para-hydroxylation sites is 1. The topological polar surface area (TPSA) is 81.0 Å². The molecule has 0 saturated carbocycles. The quantitative estimate of drug-likeness (QED) is 0.801. The number of hydrogen-bond acceptors (Lipinski definition) is 6. The number of esters is 1. The molecule has 2 bridgehead atoms. The van der Waals surface area contributed by atoms with Crippen molar-refractivity contribution in [3.63, 3.8) is 0 Å². The SMILES string of the molecule is C=CC1=CN(CCO)[C@H]2C[C@@H]1[C@H](C(=O)OC)c1c2n(C(=O)OC)c2ccccc12. The molecule has 1 aromatic heterocycles. The highest BCUT2D eigenvalue weighted by atomic mass is 16.5. The second-order valence-corrected chi connectivity index (χ2v) is 7.27. The molecule has 2 aliphatic rings. The molecule has 7 nitrogen and oxygen atoms in total. The minimum Gasteiger partial charge on any atom is -0.469 e. The molecule has 1 aliphatic carbocycles. The Balaban J connectivity index is 2.08. The number of fused-ring (bicyclic) bond motifs is 6. The van der Waals surface area contributed by atoms with Crippen LogP contribution in [-0.2, 0) is 14.3 Å². The maximum absolute atomic E-state index is 12.9. The number of carbonyl (C=O) groups is 2. The van der Waals surface area contributed by atoms with Gasteiger partial charge in [0.05, 0.1) is 44.0 Å². The molecule has 0 unspecified atom stereocenters. The average molecular weight is 396 g/mol. The van der Waals surface area contributed by atoms with Gasteiger partial charge in [-0.3, -0.25) is 4.79 Å². The van der Waals surface area contributed by atoms with Crippen molar-refractivity contribution in [2.45, 2.75) is 18.4 Å². The number of aliphatic hydroxyl groups excluding tert-OH is 1. The molecule has 0 radical (unpaired) electrons. The Morgan fingerprint density at radius 1 is 1.28 bits per heavy atom. The van der Waals surface area contributed by atoms with Gasteiger partial charge in [-0.2, -0.15) is 0 Å². The van der Waals surface area contributed by atoms with Crippen molar-refractivity contribution in [2.24, 2.45) is 5.92 Å². The fraction of sp³-hybridized carbons (Fsp3) is 0.364. The minimum atomic E-state index is -0.553. The van der Waals surface area contributed by atoms with Crippen LogP contribution < -0.4 is 0 Å². The van der Waals surface area contributed by atoms with E-state index in [4.69, 9.17) is 9.47 Å². The van der Waals surface area contributed by atoms with Crippen LogP contribution in [0.4, 0.5) is 4.79 Å². The minimum absolute atomic E-state index is 0.0314. The van der Waals surface area contributed by atoms with Gasteiger partial charge < -0.3 is 19.5 Å². The summed E-state index contributed by atoms with van der Waals surface area (Å²) >= 11 is 0. The molecular weight excluding hydrogens is 372 g/mol. The van der Waals surface area contributed by atoms with E-state index in [2.05, 4.69) is 6.58 Å². The average Bonchev–Trinajstić information content (AvgIpc) is 3.09. The lowest BCUT2D eigenvalue weighted by Gasteiger charge is -2.45. The normalized spacial score (nSPS) is 22.7. The van der Waals surface area contributed by atoms with Crippen LogP contribution in [0.15, 0.2) is 48.7 Å². The highest BCUT2D eigenvalue weighted by molar-refractivity contribution is 5.98. The Labute approximate surface area is 168 Å². The first-order valence-corrected chi connectivity index (χ1v) is 9.57. The van der Waals surface area contributed by atoms with Gasteiger partial charge >= 0.3 is 12.1 Å². The van der Waals surface area contributed by atoms with Crippen LogP contribution in [0.1, 0.15) is 29.6 Å². The standard InChI is InChI=1S/C22H24N2O5/c1-4-13-12-23(9-10-25)17-11-15(13)19(21(26)28-2)18-14-7-5-6-8-16(14)24(20(17)18)22(27)29-3/h4-8,12,15,17,19,25H,1,9-11H2,2-3H3/t15-,17-,19-/m0/s1. The Morgan fingerprint density at radius 2 is 2.03 bits per heavy atom. The summed E-state index contributed by atoms with van der Waals surface area (Å²) in [7, 11) is 2.72. The molecule has 3 atom stereocenters. The van der Waals surface area contributed by atoms with E-state index in [9.17, 15) is 14.7 Å². The summed E-state index contributed by atoms with van der Waals surface area (Å²) in [4.78, 5) is 27.7. The Bertz CT molecular complexity index is 1020. The first-order valence-electron chi connectivity index (χ1n) is 9.57. The fourth-order valence-electron chi connectivity index (χ4n) is 4.86. The highest BCUT2D eigenvalue weighted by Gasteiger charge is 2.48. The Kier molecular flexibility index (Phi) is 4.92. The first kappa shape index (κ1) is 19.3. The predicted molar refractivity (Wildman–Crippen MR) is 107 cm³/mol. The van der Waals surface area contributed by atoms with Crippen LogP contribution >= 0.6 is 0 Å². The van der Waals surface area contributed by atoms with Gasteiger partial charge in [0.1, 0.15) is 0 Å². The molecule has 1 N–H and O–H groups in total. The maximum Gasteiger partial charge on any atom is 0.418 e. The molecule has 0 saturated heterocycles. The number of allylic oxidation sites excluding steroid dienone is 2. The fourth-order valence-corrected chi connectivity index (χ4v) is 4.86. The van der Waals surface area contributed by atoms with Gasteiger partial charge in [0.25, 0.3) is 0 Å². The zero-order valence-electron chi connectivity index (χ0n) is 16.5. The van der Waals surface area contributed by atoms with Crippen LogP contribution in [0, 0.1) is 5.92 Å². The lowest BCUT2D eigenvalue weighted by Crippen LogP contribution is -2.42. The van der Waals surface area contributed by atoms with Gasteiger partial charge in [-0.1, -0.05) is 30.9 Å². The van der Waals surface area contributed by atoms with Crippen molar-refractivity contribution >= 4 is 23.0 Å². The molecule has 4 rings (SSSR count). The van der Waals surface area contributed by atoms with Crippen LogP contribution in [0.5, 0.6) is 0 Å². The molecule has 29 heavy (non-hydrogen) atoms. The predicted octanol–water partition coefficient (Wildman–Crippen LogP) is 2.95. The molecule has 1 aliphatic heterocycles. The lowest BCUT2D eigenvalue weighted by molar-refractivity contribution is -0.144. The number of β-amino-alcohol motifs (C(OH)–C–C–N with tert-alkyl or cyclic N) is 1. The number of rotatable bonds is 4. The van der Waals surface area contributed by atoms with Gasteiger partial charge in [-0.05, 0) is 23.6 Å². The summed E-state index contributed by atoms with van der Waals surface area (Å²) in [6.45, 7) is 4.29. The van der Waals surface area contributed by atoms with Crippen LogP contribution in [0.3, 0.4) is 0 Å². The summed E-state index contributed by atoms with van der Waals surface area (Å²) in [5.41, 5.74) is 3.12. The van der Waals surface area contributed by atoms with E-state index >= 15 is 0 Å². The monoisotopic (exact) mass is 396 g/mol. The maximum atomic E-state index is 12.9. The summed E-state index contributed by atoms with van der Waals surface area (Å²) < 4.78 is 11.8. The van der Waals surface area contributed by atoms with Crippen molar-refractivity contribution in [1.82, 2.24) is 9.47 Å². The summed E-state index contributed by atoms with van der Waals surface area (Å²) in [5, 5.41) is 10.4. The highest BCUT2D eigenvalue weighted by Crippen LogP contribution is 2.53. The third-order valence-corrected chi connectivity index (χ3v) is 6.01. The Hall–Kier alpha value is -3.06. The summed E-state index contributed by atoms with van der Waals surface area (Å²) in [5.74, 6) is -1.02. The van der Waals surface area contributed by atoms with E-state index in [0.717, 1.165) is 22.2 Å². The zero-order chi connectivity index (χ0) is 20.7. The second-order valence-electron chi connectivity index (χ2n) is 7.27. The van der Waals surface area contributed by atoms with Crippen LogP contribution in [-0.4, -0.2) is 54.0 Å². The van der Waals surface area contributed by atoms with E-state index in [0.29, 0.717) is 18.5 Å². The molecule has 2 aromatic rings. The molecular formula is C22H24N2O5. The van der Waals surface area contributed by atoms with Crippen molar-refractivity contribution < 1.29 is 24.2 Å².